The largest absolute Gasteiger partial charge is 0.368 e. The van der Waals surface area contributed by atoms with Gasteiger partial charge in [-0.25, -0.2) is 0 Å². The minimum atomic E-state index is 0.103. The Morgan fingerprint density at radius 3 is 2.37 bits per heavy atom. The molecule has 0 bridgehead atoms. The number of rotatable bonds is 3. The molecule has 0 aliphatic carbocycles. The molecule has 19 heavy (non-hydrogen) atoms. The zero-order valence-corrected chi connectivity index (χ0v) is 11.3. The van der Waals surface area contributed by atoms with Gasteiger partial charge in [-0.15, -0.1) is 0 Å². The highest BCUT2D eigenvalue weighted by atomic mass is 16.2. The van der Waals surface area contributed by atoms with Gasteiger partial charge >= 0.3 is 0 Å². The fourth-order valence-corrected chi connectivity index (χ4v) is 2.18. The molecule has 0 N–H and O–H groups in total. The third-order valence-electron chi connectivity index (χ3n) is 3.26. The Balaban J connectivity index is 1.87. The van der Waals surface area contributed by atoms with Crippen LogP contribution >= 0.6 is 0 Å². The van der Waals surface area contributed by atoms with Crippen molar-refractivity contribution in [3.8, 4) is 0 Å². The summed E-state index contributed by atoms with van der Waals surface area (Å²) in [6.07, 6.45) is 7.22. The summed E-state index contributed by atoms with van der Waals surface area (Å²) in [5, 5.41) is 0. The number of carbonyl (C=O) groups excluding carboxylic acids is 1. The van der Waals surface area contributed by atoms with Crippen LogP contribution in [0.25, 0.3) is 0 Å². The molecule has 1 aliphatic rings. The Morgan fingerprint density at radius 2 is 1.74 bits per heavy atom. The molecular formula is C16H20N2O. The van der Waals surface area contributed by atoms with E-state index in [2.05, 4.69) is 17.0 Å². The molecule has 0 spiro atoms. The second kappa shape index (κ2) is 6.78. The summed E-state index contributed by atoms with van der Waals surface area (Å²) >= 11 is 0. The van der Waals surface area contributed by atoms with E-state index in [9.17, 15) is 4.79 Å². The fourth-order valence-electron chi connectivity index (χ4n) is 2.18. The second-order valence-corrected chi connectivity index (χ2v) is 4.53. The van der Waals surface area contributed by atoms with Crippen LogP contribution in [0.4, 0.5) is 5.69 Å². The van der Waals surface area contributed by atoms with Gasteiger partial charge in [-0.3, -0.25) is 4.79 Å². The van der Waals surface area contributed by atoms with Crippen LogP contribution in [-0.2, 0) is 4.79 Å². The quantitative estimate of drug-likeness (QED) is 0.612. The van der Waals surface area contributed by atoms with Gasteiger partial charge in [-0.2, -0.15) is 0 Å². The highest BCUT2D eigenvalue weighted by molar-refractivity contribution is 5.88. The molecule has 1 aliphatic heterocycles. The number of anilines is 1. The van der Waals surface area contributed by atoms with Crippen molar-refractivity contribution in [2.45, 2.75) is 6.92 Å². The molecule has 1 heterocycles. The van der Waals surface area contributed by atoms with Gasteiger partial charge in [-0.05, 0) is 19.1 Å². The summed E-state index contributed by atoms with van der Waals surface area (Å²) in [5.41, 5.74) is 1.24. The average Bonchev–Trinajstić information content (AvgIpc) is 2.48. The van der Waals surface area contributed by atoms with Gasteiger partial charge in [0.15, 0.2) is 0 Å². The number of carbonyl (C=O) groups is 1. The lowest BCUT2D eigenvalue weighted by atomic mass is 10.2. The Bertz CT molecular complexity index is 457. The van der Waals surface area contributed by atoms with Crippen LogP contribution in [0.3, 0.4) is 0 Å². The van der Waals surface area contributed by atoms with E-state index in [0.717, 1.165) is 26.2 Å². The van der Waals surface area contributed by atoms with Crippen molar-refractivity contribution in [3.63, 3.8) is 0 Å². The predicted octanol–water partition coefficient (Wildman–Crippen LogP) is 2.47. The van der Waals surface area contributed by atoms with Crippen LogP contribution in [0.15, 0.2) is 54.6 Å². The second-order valence-electron chi connectivity index (χ2n) is 4.53. The molecule has 0 saturated carbocycles. The summed E-state index contributed by atoms with van der Waals surface area (Å²) < 4.78 is 0. The lowest BCUT2D eigenvalue weighted by Gasteiger charge is -2.35. The first-order valence-electron chi connectivity index (χ1n) is 6.69. The lowest BCUT2D eigenvalue weighted by molar-refractivity contribution is -0.126. The minimum Gasteiger partial charge on any atom is -0.368 e. The molecule has 1 saturated heterocycles. The lowest BCUT2D eigenvalue weighted by Crippen LogP contribution is -2.48. The van der Waals surface area contributed by atoms with Crippen LogP contribution in [0.5, 0.6) is 0 Å². The maximum Gasteiger partial charge on any atom is 0.246 e. The van der Waals surface area contributed by atoms with E-state index in [1.54, 1.807) is 12.2 Å². The number of allylic oxidation sites excluding steroid dienone is 3. The Kier molecular flexibility index (Phi) is 4.78. The highest BCUT2D eigenvalue weighted by Gasteiger charge is 2.19. The van der Waals surface area contributed by atoms with Gasteiger partial charge in [-0.1, -0.05) is 36.4 Å². The summed E-state index contributed by atoms with van der Waals surface area (Å²) in [4.78, 5) is 16.1. The SMILES string of the molecule is CC=CC=CC(=O)N1CCN(c2ccccc2)CC1. The molecule has 100 valence electrons. The molecule has 3 heteroatoms. The van der Waals surface area contributed by atoms with Gasteiger partial charge in [0.05, 0.1) is 0 Å². The van der Waals surface area contributed by atoms with Crippen LogP contribution in [0, 0.1) is 0 Å². The number of hydrogen-bond acceptors (Lipinski definition) is 2. The van der Waals surface area contributed by atoms with E-state index < -0.39 is 0 Å². The Labute approximate surface area is 114 Å². The molecule has 1 fully saturated rings. The van der Waals surface area contributed by atoms with Gasteiger partial charge in [0.1, 0.15) is 0 Å². The van der Waals surface area contributed by atoms with Crippen LogP contribution in [-0.4, -0.2) is 37.0 Å². The van der Waals surface area contributed by atoms with Crippen molar-refractivity contribution in [1.29, 1.82) is 0 Å². The molecule has 0 atom stereocenters. The first kappa shape index (κ1) is 13.4. The topological polar surface area (TPSA) is 23.6 Å². The molecule has 1 aromatic carbocycles. The molecule has 1 amide bonds. The number of benzene rings is 1. The van der Waals surface area contributed by atoms with Crippen molar-refractivity contribution < 1.29 is 4.79 Å². The van der Waals surface area contributed by atoms with E-state index in [4.69, 9.17) is 0 Å². The first-order chi connectivity index (χ1) is 9.31. The third kappa shape index (κ3) is 3.71. The van der Waals surface area contributed by atoms with E-state index in [-0.39, 0.29) is 5.91 Å². The van der Waals surface area contributed by atoms with Gasteiger partial charge in [0.25, 0.3) is 0 Å². The molecule has 0 radical (unpaired) electrons. The summed E-state index contributed by atoms with van der Waals surface area (Å²) in [6.45, 7) is 5.30. The van der Waals surface area contributed by atoms with Crippen molar-refractivity contribution in [2.75, 3.05) is 31.1 Å². The Hall–Kier alpha value is -2.03. The number of para-hydroxylation sites is 1. The minimum absolute atomic E-state index is 0.103. The fraction of sp³-hybridized carbons (Fsp3) is 0.312. The zero-order valence-electron chi connectivity index (χ0n) is 11.3. The molecule has 3 nitrogen and oxygen atoms in total. The molecule has 1 aromatic rings. The standard InChI is InChI=1S/C16H20N2O/c1-2-3-5-10-16(19)18-13-11-17(12-14-18)15-8-6-4-7-9-15/h2-10H,11-14H2,1H3. The first-order valence-corrected chi connectivity index (χ1v) is 6.69. The number of piperazine rings is 1. The van der Waals surface area contributed by atoms with Crippen molar-refractivity contribution in [2.24, 2.45) is 0 Å². The third-order valence-corrected chi connectivity index (χ3v) is 3.26. The van der Waals surface area contributed by atoms with E-state index in [1.165, 1.54) is 5.69 Å². The van der Waals surface area contributed by atoms with Gasteiger partial charge in [0, 0.05) is 37.9 Å². The highest BCUT2D eigenvalue weighted by Crippen LogP contribution is 2.15. The van der Waals surface area contributed by atoms with E-state index >= 15 is 0 Å². The van der Waals surface area contributed by atoms with Crippen LogP contribution in [0.1, 0.15) is 6.92 Å². The van der Waals surface area contributed by atoms with Crippen molar-refractivity contribution in [3.05, 3.63) is 54.6 Å². The maximum absolute atomic E-state index is 11.9. The normalized spacial score (nSPS) is 16.5. The molecular weight excluding hydrogens is 236 g/mol. The van der Waals surface area contributed by atoms with E-state index in [0.29, 0.717) is 0 Å². The van der Waals surface area contributed by atoms with Crippen LogP contribution in [0.2, 0.25) is 0 Å². The monoisotopic (exact) mass is 256 g/mol. The smallest absolute Gasteiger partial charge is 0.246 e. The van der Waals surface area contributed by atoms with Crippen molar-refractivity contribution in [1.82, 2.24) is 4.90 Å². The van der Waals surface area contributed by atoms with Gasteiger partial charge in [0.2, 0.25) is 5.91 Å². The summed E-state index contributed by atoms with van der Waals surface area (Å²) in [6, 6.07) is 10.3. The number of hydrogen-bond donors (Lipinski definition) is 0. The summed E-state index contributed by atoms with van der Waals surface area (Å²) in [7, 11) is 0. The number of amides is 1. The number of nitrogens with zero attached hydrogens (tertiary/aromatic N) is 2. The molecule has 2 rings (SSSR count). The predicted molar refractivity (Wildman–Crippen MR) is 79.2 cm³/mol. The van der Waals surface area contributed by atoms with Crippen LogP contribution < -0.4 is 4.90 Å². The van der Waals surface area contributed by atoms with Crippen molar-refractivity contribution >= 4 is 11.6 Å². The van der Waals surface area contributed by atoms with E-state index in [1.807, 2.05) is 42.2 Å². The maximum atomic E-state index is 11.9. The van der Waals surface area contributed by atoms with Gasteiger partial charge < -0.3 is 9.80 Å². The molecule has 0 unspecified atom stereocenters. The average molecular weight is 256 g/mol. The zero-order chi connectivity index (χ0) is 13.5. The molecule has 0 aromatic heterocycles. The summed E-state index contributed by atoms with van der Waals surface area (Å²) in [5.74, 6) is 0.103. The Morgan fingerprint density at radius 1 is 1.05 bits per heavy atom.